The van der Waals surface area contributed by atoms with Crippen LogP contribution < -0.4 is 11.1 Å². The number of nitrogens with zero attached hydrogens (tertiary/aromatic N) is 2. The molecule has 1 aromatic rings. The van der Waals surface area contributed by atoms with Crippen molar-refractivity contribution in [2.45, 2.75) is 20.4 Å². The Balaban J connectivity index is 2.69. The van der Waals surface area contributed by atoms with E-state index >= 15 is 0 Å². The summed E-state index contributed by atoms with van der Waals surface area (Å²) in [6.07, 6.45) is 1.47. The third-order valence-electron chi connectivity index (χ3n) is 2.31. The molecule has 1 heterocycles. The number of nitrogens with one attached hydrogen (secondary N) is 1. The van der Waals surface area contributed by atoms with E-state index < -0.39 is 0 Å². The first-order valence-corrected chi connectivity index (χ1v) is 5.30. The minimum atomic E-state index is -0.253. The molecule has 90 valence electrons. The normalized spacial score (nSPS) is 12.4. The van der Waals surface area contributed by atoms with Gasteiger partial charge in [0.1, 0.15) is 5.69 Å². The molecule has 1 rings (SSSR count). The Bertz CT molecular complexity index is 362. The first-order valence-electron chi connectivity index (χ1n) is 5.30. The van der Waals surface area contributed by atoms with Crippen molar-refractivity contribution >= 4 is 11.6 Å². The standard InChI is InChI=1S/C10H18N4O2/c1-3-14-9(8(11)5-13-14)10(16)12-4-7(2)6-15/h5,7,15H,3-4,6,11H2,1-2H3,(H,12,16). The zero-order valence-electron chi connectivity index (χ0n) is 9.60. The molecule has 16 heavy (non-hydrogen) atoms. The van der Waals surface area contributed by atoms with Gasteiger partial charge in [-0.25, -0.2) is 0 Å². The maximum Gasteiger partial charge on any atom is 0.271 e. The number of nitrogen functional groups attached to an aromatic ring is 1. The first kappa shape index (κ1) is 12.5. The smallest absolute Gasteiger partial charge is 0.271 e. The van der Waals surface area contributed by atoms with E-state index in [2.05, 4.69) is 10.4 Å². The number of hydrogen-bond donors (Lipinski definition) is 3. The number of nitrogens with two attached hydrogens (primary N) is 1. The maximum absolute atomic E-state index is 11.8. The fourth-order valence-corrected chi connectivity index (χ4v) is 1.30. The average molecular weight is 226 g/mol. The van der Waals surface area contributed by atoms with Gasteiger partial charge < -0.3 is 16.2 Å². The van der Waals surface area contributed by atoms with Crippen molar-refractivity contribution in [1.29, 1.82) is 0 Å². The summed E-state index contributed by atoms with van der Waals surface area (Å²) in [6, 6.07) is 0. The number of aryl methyl sites for hydroxylation is 1. The van der Waals surface area contributed by atoms with Crippen LogP contribution in [0.4, 0.5) is 5.69 Å². The van der Waals surface area contributed by atoms with Gasteiger partial charge in [-0.05, 0) is 12.8 Å². The fraction of sp³-hybridized carbons (Fsp3) is 0.600. The first-order chi connectivity index (χ1) is 7.60. The third kappa shape index (κ3) is 2.73. The molecular weight excluding hydrogens is 208 g/mol. The number of aliphatic hydroxyl groups excluding tert-OH is 1. The number of carbonyl (C=O) groups is 1. The van der Waals surface area contributed by atoms with Crippen molar-refractivity contribution in [1.82, 2.24) is 15.1 Å². The van der Waals surface area contributed by atoms with E-state index in [0.29, 0.717) is 24.5 Å². The molecule has 0 aliphatic heterocycles. The van der Waals surface area contributed by atoms with Crippen molar-refractivity contribution in [3.05, 3.63) is 11.9 Å². The summed E-state index contributed by atoms with van der Waals surface area (Å²) in [5.74, 6) is -0.222. The highest BCUT2D eigenvalue weighted by atomic mass is 16.3. The number of hydrogen-bond acceptors (Lipinski definition) is 4. The Morgan fingerprint density at radius 1 is 1.75 bits per heavy atom. The summed E-state index contributed by atoms with van der Waals surface area (Å²) in [5, 5.41) is 15.5. The highest BCUT2D eigenvalue weighted by molar-refractivity contribution is 5.97. The van der Waals surface area contributed by atoms with Crippen LogP contribution >= 0.6 is 0 Å². The minimum Gasteiger partial charge on any atom is -0.396 e. The molecule has 6 heteroatoms. The van der Waals surface area contributed by atoms with Crippen molar-refractivity contribution in [3.63, 3.8) is 0 Å². The van der Waals surface area contributed by atoms with Crippen LogP contribution in [0.2, 0.25) is 0 Å². The van der Waals surface area contributed by atoms with Crippen LogP contribution in [0.15, 0.2) is 6.20 Å². The summed E-state index contributed by atoms with van der Waals surface area (Å²) in [7, 11) is 0. The van der Waals surface area contributed by atoms with E-state index in [1.165, 1.54) is 6.20 Å². The summed E-state index contributed by atoms with van der Waals surface area (Å²) < 4.78 is 1.55. The van der Waals surface area contributed by atoms with Crippen LogP contribution in [-0.2, 0) is 6.54 Å². The third-order valence-corrected chi connectivity index (χ3v) is 2.31. The lowest BCUT2D eigenvalue weighted by atomic mass is 10.2. The summed E-state index contributed by atoms with van der Waals surface area (Å²) >= 11 is 0. The van der Waals surface area contributed by atoms with Crippen LogP contribution in [0.25, 0.3) is 0 Å². The van der Waals surface area contributed by atoms with Gasteiger partial charge in [0.25, 0.3) is 5.91 Å². The molecule has 0 saturated carbocycles. The molecule has 0 radical (unpaired) electrons. The van der Waals surface area contributed by atoms with E-state index in [1.54, 1.807) is 4.68 Å². The van der Waals surface area contributed by atoms with Gasteiger partial charge in [-0.1, -0.05) is 6.92 Å². The topological polar surface area (TPSA) is 93.2 Å². The molecule has 0 aromatic carbocycles. The van der Waals surface area contributed by atoms with E-state index in [-0.39, 0.29) is 18.4 Å². The van der Waals surface area contributed by atoms with E-state index in [9.17, 15) is 4.79 Å². The highest BCUT2D eigenvalue weighted by Crippen LogP contribution is 2.10. The van der Waals surface area contributed by atoms with E-state index in [1.807, 2.05) is 13.8 Å². The second kappa shape index (κ2) is 5.50. The second-order valence-electron chi connectivity index (χ2n) is 3.76. The van der Waals surface area contributed by atoms with Crippen LogP contribution in [-0.4, -0.2) is 33.9 Å². The number of anilines is 1. The number of aromatic nitrogens is 2. The molecular formula is C10H18N4O2. The second-order valence-corrected chi connectivity index (χ2v) is 3.76. The van der Waals surface area contributed by atoms with Crippen LogP contribution in [0.3, 0.4) is 0 Å². The van der Waals surface area contributed by atoms with Gasteiger partial charge in [-0.15, -0.1) is 0 Å². The quantitative estimate of drug-likeness (QED) is 0.650. The molecule has 4 N–H and O–H groups in total. The van der Waals surface area contributed by atoms with Crippen LogP contribution in [0.5, 0.6) is 0 Å². The summed E-state index contributed by atoms with van der Waals surface area (Å²) in [5.41, 5.74) is 6.42. The Hall–Kier alpha value is -1.56. The van der Waals surface area contributed by atoms with Gasteiger partial charge >= 0.3 is 0 Å². The van der Waals surface area contributed by atoms with Crippen molar-refractivity contribution in [3.8, 4) is 0 Å². The van der Waals surface area contributed by atoms with Gasteiger partial charge in [0.05, 0.1) is 11.9 Å². The van der Waals surface area contributed by atoms with Crippen molar-refractivity contribution in [2.24, 2.45) is 5.92 Å². The summed E-state index contributed by atoms with van der Waals surface area (Å²) in [6.45, 7) is 4.79. The van der Waals surface area contributed by atoms with Crippen molar-refractivity contribution < 1.29 is 9.90 Å². The van der Waals surface area contributed by atoms with E-state index in [0.717, 1.165) is 0 Å². The van der Waals surface area contributed by atoms with Gasteiger partial charge in [0, 0.05) is 19.7 Å². The monoisotopic (exact) mass is 226 g/mol. The minimum absolute atomic E-state index is 0.0307. The van der Waals surface area contributed by atoms with Gasteiger partial charge in [0.2, 0.25) is 0 Å². The molecule has 0 fully saturated rings. The number of carbonyl (C=O) groups excluding carboxylic acids is 1. The SMILES string of the molecule is CCn1ncc(N)c1C(=O)NCC(C)CO. The fourth-order valence-electron chi connectivity index (χ4n) is 1.30. The number of amides is 1. The highest BCUT2D eigenvalue weighted by Gasteiger charge is 2.16. The molecule has 0 aliphatic carbocycles. The predicted molar refractivity (Wildman–Crippen MR) is 60.9 cm³/mol. The number of rotatable bonds is 5. The van der Waals surface area contributed by atoms with Gasteiger partial charge in [-0.3, -0.25) is 9.48 Å². The lowest BCUT2D eigenvalue weighted by molar-refractivity contribution is 0.0932. The lowest BCUT2D eigenvalue weighted by Gasteiger charge is -2.10. The predicted octanol–water partition coefficient (Wildman–Crippen LogP) is -0.157. The van der Waals surface area contributed by atoms with Crippen LogP contribution in [0, 0.1) is 5.92 Å². The number of aliphatic hydroxyl groups is 1. The van der Waals surface area contributed by atoms with E-state index in [4.69, 9.17) is 10.8 Å². The molecule has 0 aliphatic rings. The summed E-state index contributed by atoms with van der Waals surface area (Å²) in [4.78, 5) is 11.8. The molecule has 1 unspecified atom stereocenters. The molecule has 6 nitrogen and oxygen atoms in total. The maximum atomic E-state index is 11.8. The molecule has 0 bridgehead atoms. The Kier molecular flexibility index (Phi) is 4.30. The van der Waals surface area contributed by atoms with Crippen LogP contribution in [0.1, 0.15) is 24.3 Å². The Morgan fingerprint density at radius 2 is 2.44 bits per heavy atom. The lowest BCUT2D eigenvalue weighted by Crippen LogP contribution is -2.31. The average Bonchev–Trinajstić information content (AvgIpc) is 2.66. The Labute approximate surface area is 94.4 Å². The largest absolute Gasteiger partial charge is 0.396 e. The zero-order chi connectivity index (χ0) is 12.1. The van der Waals surface area contributed by atoms with Gasteiger partial charge in [0.15, 0.2) is 0 Å². The molecule has 1 atom stereocenters. The Morgan fingerprint density at radius 3 is 3.00 bits per heavy atom. The van der Waals surface area contributed by atoms with Crippen molar-refractivity contribution in [2.75, 3.05) is 18.9 Å². The molecule has 1 amide bonds. The zero-order valence-corrected chi connectivity index (χ0v) is 9.60. The molecule has 0 saturated heterocycles. The molecule has 0 spiro atoms. The molecule has 1 aromatic heterocycles. The van der Waals surface area contributed by atoms with Gasteiger partial charge in [-0.2, -0.15) is 5.10 Å².